The van der Waals surface area contributed by atoms with Gasteiger partial charge in [0, 0.05) is 37.2 Å². The molecule has 8 heteroatoms. The molecule has 4 N–H and O–H groups in total. The van der Waals surface area contributed by atoms with Gasteiger partial charge < -0.3 is 26.0 Å². The van der Waals surface area contributed by atoms with Crippen molar-refractivity contribution in [2.24, 2.45) is 5.92 Å². The monoisotopic (exact) mass is 607 g/mol. The van der Waals surface area contributed by atoms with Gasteiger partial charge in [-0.15, -0.1) is 0 Å². The highest BCUT2D eigenvalue weighted by Crippen LogP contribution is 2.36. The summed E-state index contributed by atoms with van der Waals surface area (Å²) in [6.45, 7) is 10.1. The van der Waals surface area contributed by atoms with E-state index in [1.54, 1.807) is 12.1 Å². The zero-order valence-electron chi connectivity index (χ0n) is 27.8. The second-order valence-corrected chi connectivity index (χ2v) is 11.4. The number of aryl methyl sites for hydroxylation is 3. The van der Waals surface area contributed by atoms with Crippen LogP contribution in [0.25, 0.3) is 0 Å². The molecular formula is C36H57N5O3. The molecule has 244 valence electrons. The molecule has 0 bridgehead atoms. The average Bonchev–Trinajstić information content (AvgIpc) is 3.88. The predicted molar refractivity (Wildman–Crippen MR) is 180 cm³/mol. The molecule has 1 aromatic carbocycles. The van der Waals surface area contributed by atoms with Crippen molar-refractivity contribution in [1.29, 1.82) is 0 Å². The summed E-state index contributed by atoms with van der Waals surface area (Å²) >= 11 is 0. The average molecular weight is 608 g/mol. The van der Waals surface area contributed by atoms with E-state index >= 15 is 0 Å². The number of aromatic nitrogens is 1. The van der Waals surface area contributed by atoms with Crippen LogP contribution in [0.1, 0.15) is 89.5 Å². The number of hydrogen-bond acceptors (Lipinski definition) is 6. The van der Waals surface area contributed by atoms with Crippen molar-refractivity contribution < 1.29 is 14.7 Å². The number of nitrogens with one attached hydrogen (secondary N) is 3. The van der Waals surface area contributed by atoms with Gasteiger partial charge in [-0.25, -0.2) is 0 Å². The van der Waals surface area contributed by atoms with Gasteiger partial charge >= 0.3 is 0 Å². The van der Waals surface area contributed by atoms with E-state index in [-0.39, 0.29) is 30.9 Å². The summed E-state index contributed by atoms with van der Waals surface area (Å²) in [5.74, 6) is 0.702. The van der Waals surface area contributed by atoms with Gasteiger partial charge in [0.05, 0.1) is 13.1 Å². The van der Waals surface area contributed by atoms with E-state index in [2.05, 4.69) is 51.8 Å². The van der Waals surface area contributed by atoms with E-state index in [0.29, 0.717) is 18.2 Å². The molecule has 1 fully saturated rings. The Balaban J connectivity index is 0.000000519. The number of carbonyl (C=O) groups excluding carboxylic acids is 2. The first kappa shape index (κ1) is 36.8. The fraction of sp³-hybridized carbons (Fsp3) is 0.583. The summed E-state index contributed by atoms with van der Waals surface area (Å²) in [7, 11) is 1.99. The Morgan fingerprint density at radius 3 is 2.39 bits per heavy atom. The Kier molecular flexibility index (Phi) is 17.8. The summed E-state index contributed by atoms with van der Waals surface area (Å²) in [6, 6.07) is 11.7. The minimum Gasteiger partial charge on any atom is -0.508 e. The van der Waals surface area contributed by atoms with Gasteiger partial charge in [0.2, 0.25) is 11.8 Å². The largest absolute Gasteiger partial charge is 0.508 e. The summed E-state index contributed by atoms with van der Waals surface area (Å²) in [5, 5.41) is 18.4. The molecule has 1 aliphatic heterocycles. The number of fused-ring (bicyclic) bond motifs is 1. The number of unbranched alkanes of at least 4 members (excludes halogenated alkanes) is 2. The topological polar surface area (TPSA) is 107 Å². The number of benzene rings is 1. The van der Waals surface area contributed by atoms with E-state index < -0.39 is 0 Å². The van der Waals surface area contributed by atoms with Gasteiger partial charge in [-0.05, 0) is 93.2 Å². The van der Waals surface area contributed by atoms with Crippen LogP contribution in [-0.2, 0) is 28.9 Å². The zero-order chi connectivity index (χ0) is 32.2. The van der Waals surface area contributed by atoms with Crippen molar-refractivity contribution >= 4 is 11.8 Å². The van der Waals surface area contributed by atoms with Crippen molar-refractivity contribution in [1.82, 2.24) is 25.8 Å². The van der Waals surface area contributed by atoms with Gasteiger partial charge in [-0.2, -0.15) is 0 Å². The number of hydrogen-bond donors (Lipinski definition) is 4. The molecule has 2 aromatic rings. The van der Waals surface area contributed by atoms with E-state index in [1.807, 2.05) is 45.3 Å². The van der Waals surface area contributed by atoms with Gasteiger partial charge in [-0.1, -0.05) is 64.8 Å². The van der Waals surface area contributed by atoms with Crippen LogP contribution in [0.4, 0.5) is 0 Å². The summed E-state index contributed by atoms with van der Waals surface area (Å²) in [5.41, 5.74) is 4.90. The summed E-state index contributed by atoms with van der Waals surface area (Å²) in [4.78, 5) is 31.4. The lowest BCUT2D eigenvalue weighted by molar-refractivity contribution is -0.126. The van der Waals surface area contributed by atoms with E-state index in [4.69, 9.17) is 5.11 Å². The number of phenolic OH excluding ortho intramolecular Hbond substituents is 1. The van der Waals surface area contributed by atoms with Gasteiger partial charge in [0.25, 0.3) is 0 Å². The third-order valence-electron chi connectivity index (χ3n) is 7.82. The minimum absolute atomic E-state index is 0.0146. The molecule has 4 rings (SSSR count). The highest BCUT2D eigenvalue weighted by Gasteiger charge is 2.34. The Morgan fingerprint density at radius 2 is 1.70 bits per heavy atom. The Hall–Kier alpha value is -3.39. The van der Waals surface area contributed by atoms with Crippen LogP contribution in [0.15, 0.2) is 54.4 Å². The number of rotatable bonds is 5. The fourth-order valence-electron chi connectivity index (χ4n) is 5.20. The van der Waals surface area contributed by atoms with Crippen molar-refractivity contribution in [3.05, 3.63) is 71.2 Å². The molecule has 0 spiro atoms. The molecule has 1 aliphatic carbocycles. The number of allylic oxidation sites excluding steroid dienone is 1. The summed E-state index contributed by atoms with van der Waals surface area (Å²) in [6.07, 6.45) is 14.7. The summed E-state index contributed by atoms with van der Waals surface area (Å²) < 4.78 is 0. The number of likely N-dealkylation sites (N-methyl/N-ethyl adjacent to an activating group) is 1. The number of aromatic hydroxyl groups is 1. The van der Waals surface area contributed by atoms with E-state index in [0.717, 1.165) is 63.6 Å². The third-order valence-corrected chi connectivity index (χ3v) is 7.82. The maximum Gasteiger partial charge on any atom is 0.239 e. The first-order valence-corrected chi connectivity index (χ1v) is 16.8. The molecule has 1 aromatic heterocycles. The fourth-order valence-corrected chi connectivity index (χ4v) is 5.20. The molecule has 0 saturated heterocycles. The van der Waals surface area contributed by atoms with Crippen LogP contribution in [0, 0.1) is 5.92 Å². The van der Waals surface area contributed by atoms with Crippen LogP contribution in [0.5, 0.6) is 5.75 Å². The first-order chi connectivity index (χ1) is 21.4. The Labute approximate surface area is 266 Å². The van der Waals surface area contributed by atoms with Crippen LogP contribution in [0.3, 0.4) is 0 Å². The maximum atomic E-state index is 12.5. The second-order valence-electron chi connectivity index (χ2n) is 11.4. The smallest absolute Gasteiger partial charge is 0.239 e. The van der Waals surface area contributed by atoms with Crippen molar-refractivity contribution in [2.75, 3.05) is 33.2 Å². The van der Waals surface area contributed by atoms with Gasteiger partial charge in [0.15, 0.2) is 0 Å². The molecule has 1 unspecified atom stereocenters. The number of carbonyl (C=O) groups is 2. The number of nitrogens with zero attached hydrogens (tertiary/aromatic N) is 2. The molecule has 2 aliphatic rings. The normalized spacial score (nSPS) is 19.5. The Morgan fingerprint density at radius 1 is 0.977 bits per heavy atom. The molecule has 44 heavy (non-hydrogen) atoms. The minimum atomic E-state index is -0.149. The van der Waals surface area contributed by atoms with Crippen molar-refractivity contribution in [3.63, 3.8) is 0 Å². The number of amides is 2. The molecule has 1 saturated carbocycles. The molecular weight excluding hydrogens is 550 g/mol. The van der Waals surface area contributed by atoms with E-state index in [1.165, 1.54) is 29.7 Å². The van der Waals surface area contributed by atoms with Crippen molar-refractivity contribution in [3.8, 4) is 5.75 Å². The maximum absolute atomic E-state index is 12.5. The molecule has 2 amide bonds. The lowest BCUT2D eigenvalue weighted by Crippen LogP contribution is -2.45. The molecule has 8 nitrogen and oxygen atoms in total. The van der Waals surface area contributed by atoms with Crippen molar-refractivity contribution in [2.45, 2.75) is 97.9 Å². The first-order valence-electron chi connectivity index (χ1n) is 16.8. The highest BCUT2D eigenvalue weighted by atomic mass is 16.3. The predicted octanol–water partition coefficient (Wildman–Crippen LogP) is 5.55. The Bertz CT molecular complexity index is 1130. The lowest BCUT2D eigenvalue weighted by Gasteiger charge is -2.30. The SMILES string of the molecule is CC.CCCC/C=C1/C(C2CC2)NCCCc2cccnc2CCCNC(=O)CNC(=O)CN1C.CCc1ccc(O)cc1. The third kappa shape index (κ3) is 13.9. The number of phenols is 1. The van der Waals surface area contributed by atoms with Crippen LogP contribution >= 0.6 is 0 Å². The highest BCUT2D eigenvalue weighted by molar-refractivity contribution is 5.85. The lowest BCUT2D eigenvalue weighted by atomic mass is 10.0. The quantitative estimate of drug-likeness (QED) is 0.332. The van der Waals surface area contributed by atoms with Crippen LogP contribution in [-0.4, -0.2) is 66.1 Å². The van der Waals surface area contributed by atoms with Crippen LogP contribution in [0.2, 0.25) is 0 Å². The van der Waals surface area contributed by atoms with Crippen LogP contribution < -0.4 is 16.0 Å². The molecule has 0 radical (unpaired) electrons. The van der Waals surface area contributed by atoms with Gasteiger partial charge in [-0.3, -0.25) is 14.6 Å². The molecule has 2 heterocycles. The van der Waals surface area contributed by atoms with Gasteiger partial charge in [0.1, 0.15) is 5.75 Å². The molecule has 1 atom stereocenters. The number of pyridine rings is 1. The second kappa shape index (κ2) is 21.3. The zero-order valence-corrected chi connectivity index (χ0v) is 27.8. The van der Waals surface area contributed by atoms with E-state index in [9.17, 15) is 9.59 Å². The standard InChI is InChI=1S/C26H41N5O2.C8H10O.C2H6/c1-3-4-5-12-23-26(21-13-14-21)29-17-7-10-20-9-6-15-27-22(20)11-8-16-28-24(32)18-30-25(33)19-31(23)2;1-2-7-3-5-8(9)6-4-7;1-2/h6,9,12,15,21,26,29H,3-5,7-8,10-11,13-14,16-19H2,1-2H3,(H,28,32)(H,30,33);3-6,9H,2H2,1H3;1-2H3/b23-12-;;.